The van der Waals surface area contributed by atoms with Crippen LogP contribution in [0.1, 0.15) is 20.3 Å². The van der Waals surface area contributed by atoms with E-state index in [0.717, 1.165) is 13.0 Å². The molecule has 4 heteroatoms. The van der Waals surface area contributed by atoms with Gasteiger partial charge in [0.25, 0.3) is 0 Å². The predicted octanol–water partition coefficient (Wildman–Crippen LogP) is 0.315. The molecule has 2 unspecified atom stereocenters. The van der Waals surface area contributed by atoms with Crippen molar-refractivity contribution in [1.29, 1.82) is 0 Å². The van der Waals surface area contributed by atoms with E-state index in [2.05, 4.69) is 10.1 Å². The first-order valence-electron chi connectivity index (χ1n) is 4.60. The van der Waals surface area contributed by atoms with Gasteiger partial charge in [-0.15, -0.1) is 0 Å². The summed E-state index contributed by atoms with van der Waals surface area (Å²) in [5.74, 6) is -0.223. The lowest BCUT2D eigenvalue weighted by Crippen LogP contribution is -2.44. The van der Waals surface area contributed by atoms with Crippen molar-refractivity contribution in [3.63, 3.8) is 0 Å². The SMILES string of the molecule is COC(=O)[C@H](C)NC1CCOC1C. The largest absolute Gasteiger partial charge is 0.468 e. The second-order valence-electron chi connectivity index (χ2n) is 3.38. The van der Waals surface area contributed by atoms with E-state index in [1.165, 1.54) is 7.11 Å². The van der Waals surface area contributed by atoms with Crippen molar-refractivity contribution in [2.75, 3.05) is 13.7 Å². The molecule has 1 aliphatic rings. The van der Waals surface area contributed by atoms with Crippen LogP contribution in [0.5, 0.6) is 0 Å². The molecule has 76 valence electrons. The lowest BCUT2D eigenvalue weighted by molar-refractivity contribution is -0.142. The maximum Gasteiger partial charge on any atom is 0.322 e. The van der Waals surface area contributed by atoms with Crippen molar-refractivity contribution >= 4 is 5.97 Å². The van der Waals surface area contributed by atoms with Gasteiger partial charge in [-0.1, -0.05) is 0 Å². The second-order valence-corrected chi connectivity index (χ2v) is 3.38. The molecular formula is C9H17NO3. The Bertz CT molecular complexity index is 184. The van der Waals surface area contributed by atoms with Crippen molar-refractivity contribution in [3.8, 4) is 0 Å². The molecule has 1 heterocycles. The van der Waals surface area contributed by atoms with Crippen LogP contribution in [0.15, 0.2) is 0 Å². The first kappa shape index (κ1) is 10.5. The maximum absolute atomic E-state index is 11.1. The number of carbonyl (C=O) groups excluding carboxylic acids is 1. The molecule has 0 saturated carbocycles. The minimum Gasteiger partial charge on any atom is -0.468 e. The third kappa shape index (κ3) is 2.67. The molecule has 3 atom stereocenters. The summed E-state index contributed by atoms with van der Waals surface area (Å²) in [4.78, 5) is 11.1. The van der Waals surface area contributed by atoms with Crippen molar-refractivity contribution in [2.24, 2.45) is 0 Å². The van der Waals surface area contributed by atoms with Crippen molar-refractivity contribution in [1.82, 2.24) is 5.32 Å². The number of methoxy groups -OCH3 is 1. The lowest BCUT2D eigenvalue weighted by Gasteiger charge is -2.19. The highest BCUT2D eigenvalue weighted by Gasteiger charge is 2.27. The van der Waals surface area contributed by atoms with Gasteiger partial charge in [0.1, 0.15) is 6.04 Å². The summed E-state index contributed by atoms with van der Waals surface area (Å²) in [5, 5.41) is 3.18. The number of hydrogen-bond donors (Lipinski definition) is 1. The standard InChI is InChI=1S/C9H17NO3/c1-6(9(11)12-3)10-8-4-5-13-7(8)2/h6-8,10H,4-5H2,1-3H3/t6-,7?,8?/m0/s1. The third-order valence-electron chi connectivity index (χ3n) is 2.40. The van der Waals surface area contributed by atoms with Gasteiger partial charge in [0.2, 0.25) is 0 Å². The summed E-state index contributed by atoms with van der Waals surface area (Å²) in [6.07, 6.45) is 1.15. The van der Waals surface area contributed by atoms with Crippen LogP contribution in [-0.2, 0) is 14.3 Å². The Labute approximate surface area is 78.6 Å². The van der Waals surface area contributed by atoms with Crippen LogP contribution in [-0.4, -0.2) is 37.9 Å². The fourth-order valence-electron chi connectivity index (χ4n) is 1.52. The number of carbonyl (C=O) groups is 1. The molecule has 0 spiro atoms. The van der Waals surface area contributed by atoms with Gasteiger partial charge >= 0.3 is 5.97 Å². The van der Waals surface area contributed by atoms with E-state index in [4.69, 9.17) is 4.74 Å². The predicted molar refractivity (Wildman–Crippen MR) is 48.4 cm³/mol. The van der Waals surface area contributed by atoms with Gasteiger partial charge in [0.05, 0.1) is 13.2 Å². The van der Waals surface area contributed by atoms with Gasteiger partial charge in [-0.3, -0.25) is 10.1 Å². The zero-order valence-corrected chi connectivity index (χ0v) is 8.37. The summed E-state index contributed by atoms with van der Waals surface area (Å²) in [6, 6.07) is 0.0215. The van der Waals surface area contributed by atoms with E-state index in [9.17, 15) is 4.79 Å². The first-order valence-corrected chi connectivity index (χ1v) is 4.60. The molecule has 1 rings (SSSR count). The molecule has 0 aromatic heterocycles. The number of rotatable bonds is 3. The minimum absolute atomic E-state index is 0.187. The van der Waals surface area contributed by atoms with Crippen LogP contribution in [0.4, 0.5) is 0 Å². The molecule has 13 heavy (non-hydrogen) atoms. The molecule has 0 aromatic rings. The molecule has 1 aliphatic heterocycles. The molecule has 0 radical (unpaired) electrons. The van der Waals surface area contributed by atoms with Gasteiger partial charge in [-0.25, -0.2) is 0 Å². The van der Waals surface area contributed by atoms with Crippen LogP contribution < -0.4 is 5.32 Å². The molecule has 0 bridgehead atoms. The molecule has 0 aromatic carbocycles. The molecule has 1 N–H and O–H groups in total. The maximum atomic E-state index is 11.1. The molecule has 0 aliphatic carbocycles. The summed E-state index contributed by atoms with van der Waals surface area (Å²) < 4.78 is 9.98. The highest BCUT2D eigenvalue weighted by Crippen LogP contribution is 2.13. The average molecular weight is 187 g/mol. The normalized spacial score (nSPS) is 30.1. The number of ether oxygens (including phenoxy) is 2. The lowest BCUT2D eigenvalue weighted by atomic mass is 10.1. The Kier molecular flexibility index (Phi) is 3.69. The zero-order valence-electron chi connectivity index (χ0n) is 8.37. The Morgan fingerprint density at radius 2 is 2.38 bits per heavy atom. The molecule has 1 fully saturated rings. The van der Waals surface area contributed by atoms with Crippen LogP contribution in [0.3, 0.4) is 0 Å². The highest BCUT2D eigenvalue weighted by atomic mass is 16.5. The smallest absolute Gasteiger partial charge is 0.322 e. The van der Waals surface area contributed by atoms with E-state index in [-0.39, 0.29) is 24.2 Å². The first-order chi connectivity index (χ1) is 6.15. The summed E-state index contributed by atoms with van der Waals surface area (Å²) in [5.41, 5.74) is 0. The van der Waals surface area contributed by atoms with Crippen LogP contribution in [0, 0.1) is 0 Å². The quantitative estimate of drug-likeness (QED) is 0.646. The van der Waals surface area contributed by atoms with E-state index in [1.54, 1.807) is 6.92 Å². The summed E-state index contributed by atoms with van der Waals surface area (Å²) in [7, 11) is 1.40. The zero-order chi connectivity index (χ0) is 9.84. The van der Waals surface area contributed by atoms with Crippen LogP contribution in [0.25, 0.3) is 0 Å². The molecular weight excluding hydrogens is 170 g/mol. The number of nitrogens with one attached hydrogen (secondary N) is 1. The molecule has 1 saturated heterocycles. The van der Waals surface area contributed by atoms with E-state index in [0.29, 0.717) is 0 Å². The van der Waals surface area contributed by atoms with Crippen molar-refractivity contribution in [3.05, 3.63) is 0 Å². The fraction of sp³-hybridized carbons (Fsp3) is 0.889. The van der Waals surface area contributed by atoms with E-state index >= 15 is 0 Å². The van der Waals surface area contributed by atoms with Crippen LogP contribution >= 0.6 is 0 Å². The minimum atomic E-state index is -0.251. The van der Waals surface area contributed by atoms with Crippen molar-refractivity contribution < 1.29 is 14.3 Å². The highest BCUT2D eigenvalue weighted by molar-refractivity contribution is 5.75. The van der Waals surface area contributed by atoms with E-state index < -0.39 is 0 Å². The molecule has 0 amide bonds. The Hall–Kier alpha value is -0.610. The van der Waals surface area contributed by atoms with E-state index in [1.807, 2.05) is 6.92 Å². The van der Waals surface area contributed by atoms with Gasteiger partial charge < -0.3 is 9.47 Å². The monoisotopic (exact) mass is 187 g/mol. The van der Waals surface area contributed by atoms with Gasteiger partial charge in [0.15, 0.2) is 0 Å². The third-order valence-corrected chi connectivity index (χ3v) is 2.40. The Morgan fingerprint density at radius 1 is 1.69 bits per heavy atom. The van der Waals surface area contributed by atoms with Gasteiger partial charge in [-0.05, 0) is 20.3 Å². The topological polar surface area (TPSA) is 47.6 Å². The summed E-state index contributed by atoms with van der Waals surface area (Å²) >= 11 is 0. The molecule has 4 nitrogen and oxygen atoms in total. The Morgan fingerprint density at radius 3 is 2.85 bits per heavy atom. The van der Waals surface area contributed by atoms with Crippen molar-refractivity contribution in [2.45, 2.75) is 38.5 Å². The average Bonchev–Trinajstić information content (AvgIpc) is 2.50. The van der Waals surface area contributed by atoms with Crippen LogP contribution in [0.2, 0.25) is 0 Å². The van der Waals surface area contributed by atoms with Gasteiger partial charge in [0, 0.05) is 12.6 Å². The second kappa shape index (κ2) is 4.58. The summed E-state index contributed by atoms with van der Waals surface area (Å²) in [6.45, 7) is 4.58. The number of esters is 1. The number of hydrogen-bond acceptors (Lipinski definition) is 4. The Balaban J connectivity index is 2.34. The fourth-order valence-corrected chi connectivity index (χ4v) is 1.52. The van der Waals surface area contributed by atoms with Gasteiger partial charge in [-0.2, -0.15) is 0 Å².